The van der Waals surface area contributed by atoms with Crippen molar-refractivity contribution < 1.29 is 24.2 Å². The molecule has 1 fully saturated rings. The molecule has 1 aliphatic carbocycles. The van der Waals surface area contributed by atoms with Crippen molar-refractivity contribution in [3.8, 4) is 16.2 Å². The van der Waals surface area contributed by atoms with Crippen LogP contribution in [0.5, 0.6) is 5.75 Å². The summed E-state index contributed by atoms with van der Waals surface area (Å²) in [5.41, 5.74) is 3.29. The smallest absolute Gasteiger partial charge is 0.352 e. The number of carbonyl (C=O) groups excluding carboxylic acids is 1. The van der Waals surface area contributed by atoms with Crippen molar-refractivity contribution in [2.24, 2.45) is 10.8 Å². The van der Waals surface area contributed by atoms with Crippen LogP contribution in [0, 0.1) is 17.8 Å². The summed E-state index contributed by atoms with van der Waals surface area (Å²) in [6.07, 6.45) is 3.43. The fraction of sp³-hybridized carbons (Fsp3) is 0.538. The summed E-state index contributed by atoms with van der Waals surface area (Å²) in [7, 11) is 0. The highest BCUT2D eigenvalue weighted by molar-refractivity contribution is 7.18. The van der Waals surface area contributed by atoms with Gasteiger partial charge in [0.1, 0.15) is 5.75 Å². The van der Waals surface area contributed by atoms with Crippen LogP contribution in [-0.2, 0) is 9.53 Å². The minimum atomic E-state index is -1.10. The van der Waals surface area contributed by atoms with Gasteiger partial charge in [-0.15, -0.1) is 11.3 Å². The Morgan fingerprint density at radius 1 is 1.18 bits per heavy atom. The minimum Gasteiger partial charge on any atom is -0.480 e. The third-order valence-corrected chi connectivity index (χ3v) is 7.25. The molecule has 1 aliphatic rings. The Bertz CT molecular complexity index is 1010. The molecule has 1 saturated carbocycles. The lowest BCUT2D eigenvalue weighted by atomic mass is 9.63. The van der Waals surface area contributed by atoms with Gasteiger partial charge in [-0.2, -0.15) is 0 Å². The van der Waals surface area contributed by atoms with E-state index in [9.17, 15) is 9.59 Å². The molecule has 1 aromatic heterocycles. The number of hydrogen-bond acceptors (Lipinski definition) is 6. The number of carboxylic acids is 1. The first-order valence-corrected chi connectivity index (χ1v) is 12.2. The number of hydrogen-bond donors (Lipinski definition) is 2. The third-order valence-electron chi connectivity index (χ3n) is 5.94. The number of aliphatic carboxylic acids is 1. The average Bonchev–Trinajstić information content (AvgIpc) is 3.00. The summed E-state index contributed by atoms with van der Waals surface area (Å²) in [6.45, 7) is 12.6. The molecule has 6 nitrogen and oxygen atoms in total. The second kappa shape index (κ2) is 9.75. The molecule has 0 unspecified atom stereocenters. The maximum atomic E-state index is 12.5. The van der Waals surface area contributed by atoms with Crippen molar-refractivity contribution in [2.45, 2.75) is 66.8 Å². The minimum absolute atomic E-state index is 0.233. The van der Waals surface area contributed by atoms with Crippen LogP contribution in [0.3, 0.4) is 0 Å². The number of rotatable bonds is 8. The Hall–Kier alpha value is -2.54. The first kappa shape index (κ1) is 25.1. The molecule has 0 spiro atoms. The molecule has 1 heterocycles. The predicted octanol–water partition coefficient (Wildman–Crippen LogP) is 6.38. The van der Waals surface area contributed by atoms with Crippen LogP contribution in [0.25, 0.3) is 10.4 Å². The average molecular weight is 474 g/mol. The van der Waals surface area contributed by atoms with Crippen LogP contribution in [0.15, 0.2) is 24.3 Å². The van der Waals surface area contributed by atoms with E-state index in [0.717, 1.165) is 34.5 Å². The summed E-state index contributed by atoms with van der Waals surface area (Å²) in [4.78, 5) is 24.7. The SMILES string of the molecule is CCOC(=O)c1sc(-c2cccc(NC3CC(C)(C)CC(C)(C)C3)c2)c(C)c1OCC(=O)O. The van der Waals surface area contributed by atoms with E-state index in [4.69, 9.17) is 14.6 Å². The van der Waals surface area contributed by atoms with Gasteiger partial charge in [0.05, 0.1) is 6.61 Å². The number of carbonyl (C=O) groups is 2. The Balaban J connectivity index is 1.91. The summed E-state index contributed by atoms with van der Waals surface area (Å²) in [5, 5.41) is 12.8. The van der Waals surface area contributed by atoms with Crippen molar-refractivity contribution in [2.75, 3.05) is 18.5 Å². The summed E-state index contributed by atoms with van der Waals surface area (Å²) >= 11 is 1.27. The lowest BCUT2D eigenvalue weighted by Crippen LogP contribution is -2.40. The van der Waals surface area contributed by atoms with Crippen LogP contribution in [0.4, 0.5) is 5.69 Å². The van der Waals surface area contributed by atoms with E-state index in [0.29, 0.717) is 10.9 Å². The van der Waals surface area contributed by atoms with E-state index in [1.54, 1.807) is 6.92 Å². The molecule has 0 aliphatic heterocycles. The van der Waals surface area contributed by atoms with E-state index in [-0.39, 0.29) is 23.2 Å². The monoisotopic (exact) mass is 473 g/mol. The van der Waals surface area contributed by atoms with Crippen LogP contribution in [0.2, 0.25) is 0 Å². The van der Waals surface area contributed by atoms with Gasteiger partial charge < -0.3 is 19.9 Å². The summed E-state index contributed by atoms with van der Waals surface area (Å²) < 4.78 is 10.7. The molecule has 0 atom stereocenters. The number of nitrogens with one attached hydrogen (secondary N) is 1. The largest absolute Gasteiger partial charge is 0.480 e. The van der Waals surface area contributed by atoms with Crippen LogP contribution < -0.4 is 10.1 Å². The maximum absolute atomic E-state index is 12.5. The van der Waals surface area contributed by atoms with E-state index in [2.05, 4.69) is 45.1 Å². The van der Waals surface area contributed by atoms with Crippen molar-refractivity contribution >= 4 is 29.0 Å². The van der Waals surface area contributed by atoms with Crippen LogP contribution in [-0.4, -0.2) is 36.3 Å². The summed E-state index contributed by atoms with van der Waals surface area (Å²) in [5.74, 6) is -1.32. The van der Waals surface area contributed by atoms with Gasteiger partial charge in [0, 0.05) is 22.2 Å². The molecular formula is C26H35NO5S. The quantitative estimate of drug-likeness (QED) is 0.433. The zero-order valence-electron chi connectivity index (χ0n) is 20.4. The summed E-state index contributed by atoms with van der Waals surface area (Å²) in [6, 6.07) is 8.53. The molecule has 0 saturated heterocycles. The van der Waals surface area contributed by atoms with Crippen molar-refractivity contribution in [3.05, 3.63) is 34.7 Å². The predicted molar refractivity (Wildman–Crippen MR) is 132 cm³/mol. The Kier molecular flexibility index (Phi) is 7.42. The van der Waals surface area contributed by atoms with Crippen molar-refractivity contribution in [1.82, 2.24) is 0 Å². The number of anilines is 1. The topological polar surface area (TPSA) is 84.9 Å². The molecule has 33 heavy (non-hydrogen) atoms. The number of esters is 1. The van der Waals surface area contributed by atoms with Gasteiger partial charge in [-0.1, -0.05) is 39.8 Å². The van der Waals surface area contributed by atoms with Crippen molar-refractivity contribution in [1.29, 1.82) is 0 Å². The molecule has 0 radical (unpaired) electrons. The van der Waals surface area contributed by atoms with E-state index < -0.39 is 18.5 Å². The molecule has 2 aromatic rings. The third kappa shape index (κ3) is 6.28. The molecule has 2 N–H and O–H groups in total. The lowest BCUT2D eigenvalue weighted by molar-refractivity contribution is -0.139. The second-order valence-corrected chi connectivity index (χ2v) is 11.5. The van der Waals surface area contributed by atoms with Gasteiger partial charge in [0.2, 0.25) is 0 Å². The number of benzene rings is 1. The fourth-order valence-corrected chi connectivity index (χ4v) is 6.49. The van der Waals surface area contributed by atoms with E-state index in [1.165, 1.54) is 17.8 Å². The Morgan fingerprint density at radius 2 is 1.85 bits per heavy atom. The maximum Gasteiger partial charge on any atom is 0.352 e. The molecule has 3 rings (SSSR count). The van der Waals surface area contributed by atoms with Gasteiger partial charge >= 0.3 is 11.9 Å². The molecule has 0 bridgehead atoms. The zero-order valence-corrected chi connectivity index (χ0v) is 21.2. The molecule has 1 aromatic carbocycles. The van der Waals surface area contributed by atoms with Crippen LogP contribution in [0.1, 0.15) is 69.1 Å². The van der Waals surface area contributed by atoms with E-state index >= 15 is 0 Å². The first-order valence-electron chi connectivity index (χ1n) is 11.4. The van der Waals surface area contributed by atoms with Gasteiger partial charge in [-0.3, -0.25) is 0 Å². The first-order chi connectivity index (χ1) is 15.4. The number of carboxylic acid groups (broad SMARTS) is 1. The highest BCUT2D eigenvalue weighted by Gasteiger charge is 2.38. The molecule has 180 valence electrons. The lowest BCUT2D eigenvalue weighted by Gasteiger charge is -2.45. The molecule has 7 heteroatoms. The van der Waals surface area contributed by atoms with E-state index in [1.807, 2.05) is 19.1 Å². The fourth-order valence-electron chi connectivity index (χ4n) is 5.35. The van der Waals surface area contributed by atoms with Crippen LogP contribution >= 0.6 is 11.3 Å². The Labute approximate surface area is 200 Å². The molecule has 0 amide bonds. The zero-order chi connectivity index (χ0) is 24.4. The Morgan fingerprint density at radius 3 is 2.45 bits per heavy atom. The normalized spacial score (nSPS) is 17.4. The number of thiophene rings is 1. The highest BCUT2D eigenvalue weighted by atomic mass is 32.1. The van der Waals surface area contributed by atoms with Gasteiger partial charge in [0.15, 0.2) is 11.5 Å². The van der Waals surface area contributed by atoms with Crippen molar-refractivity contribution in [3.63, 3.8) is 0 Å². The van der Waals surface area contributed by atoms with Gasteiger partial charge in [-0.05, 0) is 61.6 Å². The standard InChI is InChI=1S/C26H35NO5S/c1-7-31-24(30)23-21(32-14-20(28)29)16(2)22(33-23)17-9-8-10-18(11-17)27-19-12-25(3,4)15-26(5,6)13-19/h8-11,19,27H,7,12-15H2,1-6H3,(H,28,29). The van der Waals surface area contributed by atoms with Gasteiger partial charge in [0.25, 0.3) is 0 Å². The molecular weight excluding hydrogens is 438 g/mol. The van der Waals surface area contributed by atoms with Gasteiger partial charge in [-0.25, -0.2) is 9.59 Å². The highest BCUT2D eigenvalue weighted by Crippen LogP contribution is 2.47. The number of ether oxygens (including phenoxy) is 2. The second-order valence-electron chi connectivity index (χ2n) is 10.5.